The molecule has 0 unspecified atom stereocenters. The lowest BCUT2D eigenvalue weighted by Gasteiger charge is -2.36. The normalized spacial score (nSPS) is 14.2. The maximum atomic E-state index is 13.9. The first kappa shape index (κ1) is 20.1. The van der Waals surface area contributed by atoms with Gasteiger partial charge in [0.15, 0.2) is 0 Å². The van der Waals surface area contributed by atoms with Crippen molar-refractivity contribution < 1.29 is 13.9 Å². The Bertz CT molecular complexity index is 759. The maximum absolute atomic E-state index is 13.9. The second kappa shape index (κ2) is 10.1. The Balaban J connectivity index is 1.33. The van der Waals surface area contributed by atoms with Crippen LogP contribution in [0.15, 0.2) is 48.5 Å². The van der Waals surface area contributed by atoms with E-state index >= 15 is 0 Å². The molecule has 28 heavy (non-hydrogen) atoms. The molecular formula is C22H28FN3O2. The Labute approximate surface area is 166 Å². The van der Waals surface area contributed by atoms with Crippen molar-refractivity contribution in [1.29, 1.82) is 0 Å². The molecule has 1 saturated heterocycles. The molecule has 3 rings (SSSR count). The van der Waals surface area contributed by atoms with E-state index < -0.39 is 0 Å². The number of halogens is 1. The molecule has 1 fully saturated rings. The number of rotatable bonds is 8. The molecule has 150 valence electrons. The van der Waals surface area contributed by atoms with Crippen molar-refractivity contribution >= 4 is 11.6 Å². The van der Waals surface area contributed by atoms with E-state index in [1.165, 1.54) is 11.6 Å². The van der Waals surface area contributed by atoms with E-state index in [1.807, 2.05) is 28.0 Å². The van der Waals surface area contributed by atoms with Gasteiger partial charge in [0.05, 0.1) is 12.8 Å². The highest BCUT2D eigenvalue weighted by Crippen LogP contribution is 2.20. The van der Waals surface area contributed by atoms with Crippen LogP contribution in [0.1, 0.15) is 12.0 Å². The number of nitrogens with zero attached hydrogens (tertiary/aromatic N) is 2. The summed E-state index contributed by atoms with van der Waals surface area (Å²) in [5.74, 6) is 0.811. The summed E-state index contributed by atoms with van der Waals surface area (Å²) in [4.78, 5) is 16.3. The minimum absolute atomic E-state index is 0.158. The summed E-state index contributed by atoms with van der Waals surface area (Å²) in [5, 5.41) is 3.34. The van der Waals surface area contributed by atoms with E-state index in [4.69, 9.17) is 4.74 Å². The molecule has 1 amide bonds. The van der Waals surface area contributed by atoms with Crippen LogP contribution in [0.2, 0.25) is 0 Å². The third-order valence-corrected chi connectivity index (χ3v) is 5.09. The summed E-state index contributed by atoms with van der Waals surface area (Å²) in [6, 6.07) is 14.8. The number of hydrogen-bond acceptors (Lipinski definition) is 4. The van der Waals surface area contributed by atoms with Gasteiger partial charge in [-0.25, -0.2) is 4.39 Å². The number of nitrogens with one attached hydrogen (secondary N) is 1. The van der Waals surface area contributed by atoms with Crippen molar-refractivity contribution in [3.05, 3.63) is 59.9 Å². The van der Waals surface area contributed by atoms with E-state index in [0.29, 0.717) is 44.8 Å². The van der Waals surface area contributed by atoms with Crippen LogP contribution in [0.25, 0.3) is 0 Å². The molecule has 0 aromatic heterocycles. The summed E-state index contributed by atoms with van der Waals surface area (Å²) in [6.07, 6.45) is 1.40. The van der Waals surface area contributed by atoms with E-state index in [2.05, 4.69) is 17.4 Å². The third-order valence-electron chi connectivity index (χ3n) is 5.09. The molecule has 5 nitrogen and oxygen atoms in total. The quantitative estimate of drug-likeness (QED) is 0.710. The van der Waals surface area contributed by atoms with Gasteiger partial charge in [-0.15, -0.1) is 0 Å². The highest BCUT2D eigenvalue weighted by atomic mass is 19.1. The Morgan fingerprint density at radius 1 is 1.04 bits per heavy atom. The van der Waals surface area contributed by atoms with Crippen LogP contribution in [0.5, 0.6) is 5.75 Å². The number of methoxy groups -OCH3 is 1. The average Bonchev–Trinajstić information content (AvgIpc) is 2.74. The van der Waals surface area contributed by atoms with Crippen LogP contribution in [0.4, 0.5) is 10.1 Å². The first-order valence-corrected chi connectivity index (χ1v) is 9.78. The largest absolute Gasteiger partial charge is 0.497 e. The van der Waals surface area contributed by atoms with E-state index in [0.717, 1.165) is 18.7 Å². The van der Waals surface area contributed by atoms with Crippen LogP contribution in [-0.4, -0.2) is 57.2 Å². The van der Waals surface area contributed by atoms with Gasteiger partial charge in [0.2, 0.25) is 5.91 Å². The molecule has 6 heteroatoms. The fraction of sp³-hybridized carbons (Fsp3) is 0.409. The maximum Gasteiger partial charge on any atom is 0.223 e. The summed E-state index contributed by atoms with van der Waals surface area (Å²) >= 11 is 0. The number of piperazine rings is 1. The van der Waals surface area contributed by atoms with Gasteiger partial charge in [0.25, 0.3) is 0 Å². The average molecular weight is 385 g/mol. The van der Waals surface area contributed by atoms with Gasteiger partial charge in [-0.05, 0) is 42.8 Å². The number of benzene rings is 2. The number of amides is 1. The lowest BCUT2D eigenvalue weighted by molar-refractivity contribution is -0.131. The number of ether oxygens (including phenoxy) is 1. The van der Waals surface area contributed by atoms with Gasteiger partial charge in [0.1, 0.15) is 11.6 Å². The van der Waals surface area contributed by atoms with E-state index in [9.17, 15) is 9.18 Å². The highest BCUT2D eigenvalue weighted by molar-refractivity contribution is 5.76. The zero-order valence-electron chi connectivity index (χ0n) is 16.4. The van der Waals surface area contributed by atoms with Crippen molar-refractivity contribution in [2.45, 2.75) is 12.8 Å². The van der Waals surface area contributed by atoms with E-state index in [1.54, 1.807) is 19.2 Å². The van der Waals surface area contributed by atoms with E-state index in [-0.39, 0.29) is 11.7 Å². The molecule has 0 spiro atoms. The predicted molar refractivity (Wildman–Crippen MR) is 109 cm³/mol. The fourth-order valence-electron chi connectivity index (χ4n) is 3.41. The number of carbonyl (C=O) groups is 1. The Morgan fingerprint density at radius 2 is 1.75 bits per heavy atom. The van der Waals surface area contributed by atoms with Crippen molar-refractivity contribution in [2.75, 3.05) is 51.3 Å². The highest BCUT2D eigenvalue weighted by Gasteiger charge is 2.22. The van der Waals surface area contributed by atoms with Gasteiger partial charge in [-0.2, -0.15) is 0 Å². The molecule has 1 aliphatic rings. The van der Waals surface area contributed by atoms with Crippen LogP contribution in [0.3, 0.4) is 0 Å². The van der Waals surface area contributed by atoms with Gasteiger partial charge in [-0.3, -0.25) is 4.79 Å². The summed E-state index contributed by atoms with van der Waals surface area (Å²) < 4.78 is 19.0. The molecule has 1 aliphatic heterocycles. The van der Waals surface area contributed by atoms with Gasteiger partial charge in [0, 0.05) is 39.1 Å². The lowest BCUT2D eigenvalue weighted by atomic mass is 10.1. The van der Waals surface area contributed by atoms with Crippen LogP contribution < -0.4 is 15.0 Å². The molecule has 2 aromatic rings. The van der Waals surface area contributed by atoms with Gasteiger partial charge in [-0.1, -0.05) is 24.3 Å². The van der Waals surface area contributed by atoms with Crippen molar-refractivity contribution in [3.63, 3.8) is 0 Å². The van der Waals surface area contributed by atoms with Crippen LogP contribution >= 0.6 is 0 Å². The smallest absolute Gasteiger partial charge is 0.223 e. The SMILES string of the molecule is COc1ccc(CCNCCC(=O)N2CCN(c3ccccc3F)CC2)cc1. The second-order valence-electron chi connectivity index (χ2n) is 6.92. The fourth-order valence-corrected chi connectivity index (χ4v) is 3.41. The van der Waals surface area contributed by atoms with Gasteiger partial charge >= 0.3 is 0 Å². The number of anilines is 1. The topological polar surface area (TPSA) is 44.8 Å². The van der Waals surface area contributed by atoms with Crippen molar-refractivity contribution in [3.8, 4) is 5.75 Å². The van der Waals surface area contributed by atoms with Crippen molar-refractivity contribution in [1.82, 2.24) is 10.2 Å². The Morgan fingerprint density at radius 3 is 2.43 bits per heavy atom. The molecule has 1 heterocycles. The van der Waals surface area contributed by atoms with Crippen LogP contribution in [0, 0.1) is 5.82 Å². The minimum atomic E-state index is -0.205. The molecule has 0 bridgehead atoms. The first-order valence-electron chi connectivity index (χ1n) is 9.78. The molecule has 0 aliphatic carbocycles. The zero-order chi connectivity index (χ0) is 19.8. The van der Waals surface area contributed by atoms with Gasteiger partial charge < -0.3 is 19.9 Å². The minimum Gasteiger partial charge on any atom is -0.497 e. The third kappa shape index (κ3) is 5.45. The number of para-hydroxylation sites is 1. The Hall–Kier alpha value is -2.60. The first-order chi connectivity index (χ1) is 13.7. The molecule has 0 atom stereocenters. The zero-order valence-corrected chi connectivity index (χ0v) is 16.4. The standard InChI is InChI=1S/C22H28FN3O2/c1-28-19-8-6-18(7-9-19)10-12-24-13-11-22(27)26-16-14-25(15-17-26)21-5-3-2-4-20(21)23/h2-9,24H,10-17H2,1H3. The summed E-state index contributed by atoms with van der Waals surface area (Å²) in [6.45, 7) is 4.11. The molecular weight excluding hydrogens is 357 g/mol. The number of hydrogen-bond donors (Lipinski definition) is 1. The molecule has 2 aromatic carbocycles. The molecule has 1 N–H and O–H groups in total. The summed E-state index contributed by atoms with van der Waals surface area (Å²) in [5.41, 5.74) is 1.86. The van der Waals surface area contributed by atoms with Crippen molar-refractivity contribution in [2.24, 2.45) is 0 Å². The predicted octanol–water partition coefficient (Wildman–Crippen LogP) is 2.71. The molecule has 0 radical (unpaired) electrons. The number of carbonyl (C=O) groups excluding carboxylic acids is 1. The second-order valence-corrected chi connectivity index (χ2v) is 6.92. The lowest BCUT2D eigenvalue weighted by Crippen LogP contribution is -2.49. The molecule has 0 saturated carbocycles. The monoisotopic (exact) mass is 385 g/mol. The van der Waals surface area contributed by atoms with Crippen LogP contribution in [-0.2, 0) is 11.2 Å². The Kier molecular flexibility index (Phi) is 7.25. The summed E-state index contributed by atoms with van der Waals surface area (Å²) in [7, 11) is 1.66.